The van der Waals surface area contributed by atoms with Crippen molar-refractivity contribution < 1.29 is 49.0 Å². The highest BCUT2D eigenvalue weighted by Gasteiger charge is 2.83. The van der Waals surface area contributed by atoms with Gasteiger partial charge in [0.2, 0.25) is 0 Å². The molecule has 11 heteroatoms. The lowest BCUT2D eigenvalue weighted by molar-refractivity contribution is -0.435. The van der Waals surface area contributed by atoms with Crippen molar-refractivity contribution in [3.8, 4) is 0 Å². The molecule has 0 aliphatic rings. The van der Waals surface area contributed by atoms with E-state index in [9.17, 15) is 44.3 Å². The number of hydrogen-bond donors (Lipinski definition) is 0. The maximum absolute atomic E-state index is 12.3. The quantitative estimate of drug-likeness (QED) is 0.586. The summed E-state index contributed by atoms with van der Waals surface area (Å²) in [7, 11) is 0. The third-order valence-corrected chi connectivity index (χ3v) is 1.39. The molecule has 0 spiro atoms. The van der Waals surface area contributed by atoms with Crippen molar-refractivity contribution in [2.45, 2.75) is 31.1 Å². The summed E-state index contributed by atoms with van der Waals surface area (Å²) < 4.78 is 110. The first-order valence-corrected chi connectivity index (χ1v) is 3.56. The Balaban J connectivity index is 5.47. The minimum Gasteiger partial charge on any atom is -0.396 e. The number of carbonyl (C=O) groups excluding carboxylic acids is 1. The van der Waals surface area contributed by atoms with E-state index in [1.54, 1.807) is 0 Å². The predicted octanol–water partition coefficient (Wildman–Crippen LogP) is 2.98. The summed E-state index contributed by atoms with van der Waals surface area (Å²) in [5, 5.41) is 0. The number of halogens is 9. The van der Waals surface area contributed by atoms with E-state index < -0.39 is 30.1 Å². The lowest BCUT2D eigenvalue weighted by Crippen LogP contribution is -2.61. The van der Waals surface area contributed by atoms with Crippen molar-refractivity contribution in [3.63, 3.8) is 0 Å². The van der Waals surface area contributed by atoms with Crippen molar-refractivity contribution in [3.05, 3.63) is 0 Å². The SMILES string of the molecule is CC(=O)OC(F)(F)C(F)(F)C(F)(F)C(F)(F)F. The topological polar surface area (TPSA) is 26.3 Å². The van der Waals surface area contributed by atoms with Gasteiger partial charge in [0.1, 0.15) is 0 Å². The van der Waals surface area contributed by atoms with Crippen LogP contribution in [0.3, 0.4) is 0 Å². The Morgan fingerprint density at radius 3 is 1.41 bits per heavy atom. The lowest BCUT2D eigenvalue weighted by Gasteiger charge is -2.32. The highest BCUT2D eigenvalue weighted by molar-refractivity contribution is 5.66. The number of carbonyl (C=O) groups is 1. The van der Waals surface area contributed by atoms with Gasteiger partial charge in [-0.3, -0.25) is 4.79 Å². The van der Waals surface area contributed by atoms with Gasteiger partial charge in [0.25, 0.3) is 0 Å². The van der Waals surface area contributed by atoms with Crippen LogP contribution >= 0.6 is 0 Å². The van der Waals surface area contributed by atoms with Crippen LogP contribution in [0.15, 0.2) is 0 Å². The van der Waals surface area contributed by atoms with Gasteiger partial charge in [-0.25, -0.2) is 0 Å². The average Bonchev–Trinajstić information content (AvgIpc) is 1.98. The number of esters is 1. The summed E-state index contributed by atoms with van der Waals surface area (Å²) >= 11 is 0. The number of hydrogen-bond acceptors (Lipinski definition) is 2. The fraction of sp³-hybridized carbons (Fsp3) is 0.833. The highest BCUT2D eigenvalue weighted by atomic mass is 19.4. The Morgan fingerprint density at radius 1 is 0.824 bits per heavy atom. The largest absolute Gasteiger partial charge is 0.473 e. The highest BCUT2D eigenvalue weighted by Crippen LogP contribution is 2.53. The number of ether oxygens (including phenoxy) is 1. The third-order valence-electron chi connectivity index (χ3n) is 1.39. The molecule has 0 atom stereocenters. The number of alkyl halides is 9. The second-order valence-electron chi connectivity index (χ2n) is 2.76. The lowest BCUT2D eigenvalue weighted by atomic mass is 10.1. The average molecular weight is 278 g/mol. The van der Waals surface area contributed by atoms with E-state index in [0.717, 1.165) is 0 Å². The maximum Gasteiger partial charge on any atom is 0.473 e. The van der Waals surface area contributed by atoms with Crippen molar-refractivity contribution in [2.24, 2.45) is 0 Å². The van der Waals surface area contributed by atoms with Crippen LogP contribution in [0.25, 0.3) is 0 Å². The summed E-state index contributed by atoms with van der Waals surface area (Å²) in [6.07, 6.45) is -13.2. The molecule has 0 aromatic heterocycles. The van der Waals surface area contributed by atoms with E-state index in [1.807, 2.05) is 0 Å². The summed E-state index contributed by atoms with van der Waals surface area (Å²) in [5.74, 6) is -16.1. The fourth-order valence-electron chi connectivity index (χ4n) is 0.605. The molecule has 0 aromatic rings. The molecular formula is C6H3F9O2. The summed E-state index contributed by atoms with van der Waals surface area (Å²) in [6, 6.07) is 0. The Kier molecular flexibility index (Phi) is 3.68. The molecule has 102 valence electrons. The summed E-state index contributed by atoms with van der Waals surface area (Å²) in [4.78, 5) is 9.92. The standard InChI is InChI=1S/C6H3F9O2/c1-2(16)17-6(14,15)4(9,10)3(7,8)5(11,12)13/h1H3. The minimum absolute atomic E-state index is 0.135. The molecule has 0 amide bonds. The van der Waals surface area contributed by atoms with Crippen LogP contribution in [0.4, 0.5) is 39.5 Å². The molecule has 0 aliphatic carbocycles. The van der Waals surface area contributed by atoms with Gasteiger partial charge in [0.15, 0.2) is 0 Å². The molecule has 0 aliphatic heterocycles. The molecule has 0 radical (unpaired) electrons. The minimum atomic E-state index is -7.06. The van der Waals surface area contributed by atoms with E-state index in [-0.39, 0.29) is 6.92 Å². The zero-order valence-corrected chi connectivity index (χ0v) is 7.72. The maximum atomic E-state index is 12.3. The van der Waals surface area contributed by atoms with Gasteiger partial charge < -0.3 is 4.74 Å². The summed E-state index contributed by atoms with van der Waals surface area (Å²) in [6.45, 7) is 0.135. The molecule has 0 aromatic carbocycles. The molecule has 0 heterocycles. The Bertz CT molecular complexity index is 305. The van der Waals surface area contributed by atoms with E-state index in [0.29, 0.717) is 0 Å². The van der Waals surface area contributed by atoms with Crippen LogP contribution in [0.2, 0.25) is 0 Å². The van der Waals surface area contributed by atoms with Crippen molar-refractivity contribution in [1.82, 2.24) is 0 Å². The first kappa shape index (κ1) is 15.8. The van der Waals surface area contributed by atoms with E-state index in [2.05, 4.69) is 4.74 Å². The second-order valence-corrected chi connectivity index (χ2v) is 2.76. The van der Waals surface area contributed by atoms with Crippen molar-refractivity contribution in [2.75, 3.05) is 0 Å². The molecule has 17 heavy (non-hydrogen) atoms. The van der Waals surface area contributed by atoms with Crippen LogP contribution in [-0.4, -0.2) is 30.1 Å². The molecular weight excluding hydrogens is 275 g/mol. The zero-order chi connectivity index (χ0) is 14.3. The van der Waals surface area contributed by atoms with Gasteiger partial charge in [-0.1, -0.05) is 0 Å². The molecule has 0 saturated heterocycles. The molecule has 0 bridgehead atoms. The van der Waals surface area contributed by atoms with Gasteiger partial charge in [-0.05, 0) is 0 Å². The zero-order valence-electron chi connectivity index (χ0n) is 7.72. The third kappa shape index (κ3) is 2.57. The van der Waals surface area contributed by atoms with E-state index in [4.69, 9.17) is 0 Å². The van der Waals surface area contributed by atoms with Crippen molar-refractivity contribution in [1.29, 1.82) is 0 Å². The van der Waals surface area contributed by atoms with Crippen LogP contribution in [-0.2, 0) is 9.53 Å². The normalized spacial score (nSPS) is 14.7. The molecule has 0 N–H and O–H groups in total. The Labute approximate surface area is 87.3 Å². The Hall–Kier alpha value is -1.16. The molecule has 0 unspecified atom stereocenters. The Morgan fingerprint density at radius 2 is 1.18 bits per heavy atom. The molecule has 2 nitrogen and oxygen atoms in total. The van der Waals surface area contributed by atoms with E-state index >= 15 is 0 Å². The smallest absolute Gasteiger partial charge is 0.396 e. The van der Waals surface area contributed by atoms with Crippen LogP contribution in [0, 0.1) is 0 Å². The predicted molar refractivity (Wildman–Crippen MR) is 32.7 cm³/mol. The molecule has 0 saturated carbocycles. The van der Waals surface area contributed by atoms with Crippen LogP contribution in [0.1, 0.15) is 6.92 Å². The van der Waals surface area contributed by atoms with Gasteiger partial charge >= 0.3 is 30.1 Å². The van der Waals surface area contributed by atoms with Gasteiger partial charge in [-0.2, -0.15) is 39.5 Å². The van der Waals surface area contributed by atoms with Gasteiger partial charge in [0.05, 0.1) is 0 Å². The van der Waals surface area contributed by atoms with Gasteiger partial charge in [-0.15, -0.1) is 0 Å². The summed E-state index contributed by atoms with van der Waals surface area (Å²) in [5.41, 5.74) is 0. The van der Waals surface area contributed by atoms with Gasteiger partial charge in [0, 0.05) is 6.92 Å². The fourth-order valence-corrected chi connectivity index (χ4v) is 0.605. The van der Waals surface area contributed by atoms with Crippen LogP contribution in [0.5, 0.6) is 0 Å². The molecule has 0 rings (SSSR count). The first-order valence-electron chi connectivity index (χ1n) is 3.56. The molecule has 0 fully saturated rings. The van der Waals surface area contributed by atoms with Crippen molar-refractivity contribution >= 4 is 5.97 Å². The van der Waals surface area contributed by atoms with Crippen LogP contribution < -0.4 is 0 Å². The first-order chi connectivity index (χ1) is 7.17. The second kappa shape index (κ2) is 3.95. The monoisotopic (exact) mass is 278 g/mol. The number of rotatable bonds is 3. The van der Waals surface area contributed by atoms with E-state index in [1.165, 1.54) is 0 Å².